The first-order valence-corrected chi connectivity index (χ1v) is 9.07. The summed E-state index contributed by atoms with van der Waals surface area (Å²) in [5.41, 5.74) is 0.708. The molecule has 0 aliphatic carbocycles. The third kappa shape index (κ3) is 5.86. The van der Waals surface area contributed by atoms with Gasteiger partial charge in [-0.2, -0.15) is 14.0 Å². The number of amides is 1. The van der Waals surface area contributed by atoms with E-state index in [-0.39, 0.29) is 5.57 Å². The molecule has 29 heavy (non-hydrogen) atoms. The number of carbonyl (C=O) groups excluding carboxylic acids is 1. The largest absolute Gasteiger partial charge is 0.493 e. The predicted octanol–water partition coefficient (Wildman–Crippen LogP) is 4.57. The molecule has 6 nitrogen and oxygen atoms in total. The van der Waals surface area contributed by atoms with Crippen molar-refractivity contribution in [3.8, 4) is 23.3 Å². The molecule has 0 bridgehead atoms. The lowest BCUT2D eigenvalue weighted by Crippen LogP contribution is -2.13. The number of anilines is 1. The van der Waals surface area contributed by atoms with Crippen LogP contribution < -0.4 is 19.5 Å². The molecule has 0 saturated carbocycles. The van der Waals surface area contributed by atoms with E-state index in [1.807, 2.05) is 6.07 Å². The quantitative estimate of drug-likeness (QED) is 0.383. The van der Waals surface area contributed by atoms with Crippen LogP contribution in [0.1, 0.15) is 5.56 Å². The summed E-state index contributed by atoms with van der Waals surface area (Å²) >= 11 is 0.405. The molecule has 2 rings (SSSR count). The molecule has 1 N–H and O–H groups in total. The molecule has 0 aromatic heterocycles. The van der Waals surface area contributed by atoms with E-state index in [0.717, 1.165) is 0 Å². The first kappa shape index (κ1) is 22.0. The van der Waals surface area contributed by atoms with Crippen LogP contribution in [0, 0.1) is 11.3 Å². The second kappa shape index (κ2) is 10.3. The van der Waals surface area contributed by atoms with E-state index in [4.69, 9.17) is 14.2 Å². The van der Waals surface area contributed by atoms with Crippen molar-refractivity contribution < 1.29 is 27.8 Å². The minimum atomic E-state index is -2.53. The number of thioether (sulfide) groups is 1. The zero-order valence-corrected chi connectivity index (χ0v) is 16.7. The SMILES string of the molecule is COc1cc(/C=C(\C#N)C(=O)Nc2ccc(SC(F)F)cc2)cc(OC)c1OC. The number of carbonyl (C=O) groups is 1. The lowest BCUT2D eigenvalue weighted by atomic mass is 10.1. The summed E-state index contributed by atoms with van der Waals surface area (Å²) in [6.45, 7) is 0. The Morgan fingerprint density at radius 2 is 1.69 bits per heavy atom. The Hall–Kier alpha value is -3.25. The van der Waals surface area contributed by atoms with Gasteiger partial charge in [-0.25, -0.2) is 0 Å². The maximum atomic E-state index is 12.4. The summed E-state index contributed by atoms with van der Waals surface area (Å²) in [5.74, 6) is -2.03. The highest BCUT2D eigenvalue weighted by Gasteiger charge is 2.15. The van der Waals surface area contributed by atoms with Crippen LogP contribution in [0.2, 0.25) is 0 Å². The summed E-state index contributed by atoms with van der Waals surface area (Å²) in [5, 5.41) is 11.9. The van der Waals surface area contributed by atoms with E-state index in [1.54, 1.807) is 12.1 Å². The van der Waals surface area contributed by atoms with Crippen molar-refractivity contribution >= 4 is 29.4 Å². The Labute approximate surface area is 171 Å². The summed E-state index contributed by atoms with van der Waals surface area (Å²) < 4.78 is 40.5. The van der Waals surface area contributed by atoms with Crippen molar-refractivity contribution in [3.05, 3.63) is 47.5 Å². The number of hydrogen-bond donors (Lipinski definition) is 1. The Bertz CT molecular complexity index is 915. The number of alkyl halides is 2. The third-order valence-corrected chi connectivity index (χ3v) is 4.42. The molecule has 0 radical (unpaired) electrons. The molecular weight excluding hydrogens is 402 g/mol. The highest BCUT2D eigenvalue weighted by molar-refractivity contribution is 7.99. The first-order chi connectivity index (χ1) is 13.9. The summed E-state index contributed by atoms with van der Waals surface area (Å²) in [4.78, 5) is 12.8. The van der Waals surface area contributed by atoms with Crippen LogP contribution in [0.25, 0.3) is 6.08 Å². The molecule has 0 atom stereocenters. The number of nitrogens with one attached hydrogen (secondary N) is 1. The van der Waals surface area contributed by atoms with Gasteiger partial charge in [0.15, 0.2) is 11.5 Å². The number of hydrogen-bond acceptors (Lipinski definition) is 6. The fourth-order valence-corrected chi connectivity index (χ4v) is 2.92. The van der Waals surface area contributed by atoms with E-state index in [2.05, 4.69) is 5.32 Å². The molecule has 152 valence electrons. The molecule has 0 saturated heterocycles. The van der Waals surface area contributed by atoms with E-state index in [9.17, 15) is 18.8 Å². The molecule has 0 fully saturated rings. The molecule has 2 aromatic rings. The van der Waals surface area contributed by atoms with Gasteiger partial charge in [-0.15, -0.1) is 0 Å². The standard InChI is InChI=1S/C20H18F2N2O4S/c1-26-16-9-12(10-17(27-2)18(16)28-3)8-13(11-23)19(25)24-14-4-6-15(7-5-14)29-20(21)22/h4-10,20H,1-3H3,(H,24,25)/b13-8+. The van der Waals surface area contributed by atoms with Gasteiger partial charge in [0.2, 0.25) is 5.75 Å². The Balaban J connectivity index is 2.25. The van der Waals surface area contributed by atoms with Gasteiger partial charge in [0.25, 0.3) is 11.7 Å². The van der Waals surface area contributed by atoms with Crippen molar-refractivity contribution in [2.75, 3.05) is 26.6 Å². The lowest BCUT2D eigenvalue weighted by Gasteiger charge is -2.13. The fraction of sp³-hybridized carbons (Fsp3) is 0.200. The minimum absolute atomic E-state index is 0.162. The minimum Gasteiger partial charge on any atom is -0.493 e. The molecule has 9 heteroatoms. The molecule has 0 heterocycles. The van der Waals surface area contributed by atoms with Crippen LogP contribution in [0.5, 0.6) is 17.2 Å². The lowest BCUT2D eigenvalue weighted by molar-refractivity contribution is -0.112. The zero-order valence-electron chi connectivity index (χ0n) is 15.9. The van der Waals surface area contributed by atoms with Crippen molar-refractivity contribution in [1.82, 2.24) is 0 Å². The van der Waals surface area contributed by atoms with E-state index < -0.39 is 11.7 Å². The summed E-state index contributed by atoms with van der Waals surface area (Å²) in [6.07, 6.45) is 1.38. The van der Waals surface area contributed by atoms with Crippen molar-refractivity contribution in [2.45, 2.75) is 10.7 Å². The van der Waals surface area contributed by atoms with Gasteiger partial charge in [0, 0.05) is 10.6 Å². The normalized spacial score (nSPS) is 11.0. The summed E-state index contributed by atoms with van der Waals surface area (Å²) in [6, 6.07) is 10.9. The average molecular weight is 420 g/mol. The second-order valence-corrected chi connectivity index (χ2v) is 6.55. The monoisotopic (exact) mass is 420 g/mol. The number of ether oxygens (including phenoxy) is 3. The van der Waals surface area contributed by atoms with Gasteiger partial charge in [-0.05, 0) is 48.0 Å². The van der Waals surface area contributed by atoms with Gasteiger partial charge in [0.05, 0.1) is 21.3 Å². The van der Waals surface area contributed by atoms with Gasteiger partial charge in [0.1, 0.15) is 11.6 Å². The molecule has 1 amide bonds. The molecule has 0 unspecified atom stereocenters. The molecule has 0 spiro atoms. The Kier molecular flexibility index (Phi) is 7.86. The molecule has 0 aliphatic heterocycles. The third-order valence-electron chi connectivity index (χ3n) is 3.70. The number of methoxy groups -OCH3 is 3. The zero-order chi connectivity index (χ0) is 21.4. The smallest absolute Gasteiger partial charge is 0.288 e. The van der Waals surface area contributed by atoms with Crippen molar-refractivity contribution in [1.29, 1.82) is 5.26 Å². The van der Waals surface area contributed by atoms with Crippen LogP contribution >= 0.6 is 11.8 Å². The Morgan fingerprint density at radius 1 is 1.10 bits per heavy atom. The van der Waals surface area contributed by atoms with Gasteiger partial charge in [-0.3, -0.25) is 4.79 Å². The topological polar surface area (TPSA) is 80.6 Å². The maximum absolute atomic E-state index is 12.4. The van der Waals surface area contributed by atoms with E-state index in [1.165, 1.54) is 51.7 Å². The van der Waals surface area contributed by atoms with Gasteiger partial charge in [-0.1, -0.05) is 11.8 Å². The van der Waals surface area contributed by atoms with Crippen LogP contribution in [-0.2, 0) is 4.79 Å². The van der Waals surface area contributed by atoms with Crippen LogP contribution in [0.3, 0.4) is 0 Å². The molecule has 2 aromatic carbocycles. The van der Waals surface area contributed by atoms with E-state index in [0.29, 0.717) is 45.2 Å². The van der Waals surface area contributed by atoms with Crippen LogP contribution in [-0.4, -0.2) is 33.0 Å². The average Bonchev–Trinajstić information content (AvgIpc) is 2.71. The summed E-state index contributed by atoms with van der Waals surface area (Å²) in [7, 11) is 4.38. The van der Waals surface area contributed by atoms with Crippen molar-refractivity contribution in [2.24, 2.45) is 0 Å². The Morgan fingerprint density at radius 3 is 2.14 bits per heavy atom. The van der Waals surface area contributed by atoms with Crippen LogP contribution in [0.15, 0.2) is 46.9 Å². The highest BCUT2D eigenvalue weighted by Crippen LogP contribution is 2.38. The number of rotatable bonds is 8. The van der Waals surface area contributed by atoms with E-state index >= 15 is 0 Å². The van der Waals surface area contributed by atoms with Crippen molar-refractivity contribution in [3.63, 3.8) is 0 Å². The number of benzene rings is 2. The van der Waals surface area contributed by atoms with Crippen LogP contribution in [0.4, 0.5) is 14.5 Å². The fourth-order valence-electron chi connectivity index (χ4n) is 2.42. The number of halogens is 2. The predicted molar refractivity (Wildman–Crippen MR) is 107 cm³/mol. The highest BCUT2D eigenvalue weighted by atomic mass is 32.2. The van der Waals surface area contributed by atoms with Gasteiger partial charge >= 0.3 is 0 Å². The molecular formula is C20H18F2N2O4S. The second-order valence-electron chi connectivity index (χ2n) is 5.49. The first-order valence-electron chi connectivity index (χ1n) is 8.19. The maximum Gasteiger partial charge on any atom is 0.288 e. The molecule has 0 aliphatic rings. The number of nitriles is 1. The van der Waals surface area contributed by atoms with Gasteiger partial charge < -0.3 is 19.5 Å². The number of nitrogens with zero attached hydrogens (tertiary/aromatic N) is 1.